The number of aromatic nitrogens is 1. The number of nitrogens with one attached hydrogen (secondary N) is 2. The Hall–Kier alpha value is -1.58. The second-order valence-corrected chi connectivity index (χ2v) is 5.09. The van der Waals surface area contributed by atoms with E-state index in [1.54, 1.807) is 12.3 Å². The van der Waals surface area contributed by atoms with E-state index in [-0.39, 0.29) is 11.9 Å². The summed E-state index contributed by atoms with van der Waals surface area (Å²) in [5, 5.41) is 6.30. The summed E-state index contributed by atoms with van der Waals surface area (Å²) in [6.07, 6.45) is 3.65. The third kappa shape index (κ3) is 4.89. The van der Waals surface area contributed by atoms with Crippen molar-refractivity contribution in [2.45, 2.75) is 46.6 Å². The molecule has 1 unspecified atom stereocenters. The largest absolute Gasteiger partial charge is 0.385 e. The summed E-state index contributed by atoms with van der Waals surface area (Å²) in [6.45, 7) is 9.31. The first-order valence-electron chi connectivity index (χ1n) is 7.09. The minimum absolute atomic E-state index is 0.0966. The van der Waals surface area contributed by atoms with Gasteiger partial charge in [0, 0.05) is 24.5 Å². The predicted octanol–water partition coefficient (Wildman–Crippen LogP) is 3.07. The van der Waals surface area contributed by atoms with Crippen molar-refractivity contribution in [1.82, 2.24) is 10.3 Å². The minimum Gasteiger partial charge on any atom is -0.385 e. The van der Waals surface area contributed by atoms with Crippen molar-refractivity contribution in [3.63, 3.8) is 0 Å². The van der Waals surface area contributed by atoms with Crippen molar-refractivity contribution >= 4 is 11.6 Å². The van der Waals surface area contributed by atoms with Crippen LogP contribution in [-0.2, 0) is 0 Å². The van der Waals surface area contributed by atoms with Crippen molar-refractivity contribution in [2.75, 3.05) is 11.9 Å². The number of hydrogen-bond acceptors (Lipinski definition) is 3. The van der Waals surface area contributed by atoms with Crippen LogP contribution in [0, 0.1) is 5.92 Å². The van der Waals surface area contributed by atoms with Crippen LogP contribution in [0.15, 0.2) is 18.3 Å². The van der Waals surface area contributed by atoms with Crippen molar-refractivity contribution in [1.29, 1.82) is 0 Å². The van der Waals surface area contributed by atoms with Gasteiger partial charge in [-0.15, -0.1) is 0 Å². The van der Waals surface area contributed by atoms with E-state index in [1.807, 2.05) is 6.07 Å². The lowest BCUT2D eigenvalue weighted by Crippen LogP contribution is -2.38. The molecule has 1 aromatic heterocycles. The third-order valence-electron chi connectivity index (χ3n) is 3.13. The number of rotatable bonds is 7. The molecule has 1 aromatic rings. The second-order valence-electron chi connectivity index (χ2n) is 5.09. The van der Waals surface area contributed by atoms with Crippen LogP contribution in [0.5, 0.6) is 0 Å². The smallest absolute Gasteiger partial charge is 0.270 e. The highest BCUT2D eigenvalue weighted by Crippen LogP contribution is 2.10. The molecule has 0 spiro atoms. The number of nitrogens with zero attached hydrogens (tertiary/aromatic N) is 1. The van der Waals surface area contributed by atoms with E-state index in [2.05, 4.69) is 43.3 Å². The van der Waals surface area contributed by atoms with E-state index in [0.717, 1.165) is 25.1 Å². The normalized spacial score (nSPS) is 12.3. The molecule has 0 saturated heterocycles. The first-order valence-corrected chi connectivity index (χ1v) is 7.09. The molecule has 0 bridgehead atoms. The van der Waals surface area contributed by atoms with Gasteiger partial charge in [-0.3, -0.25) is 9.78 Å². The van der Waals surface area contributed by atoms with Crippen LogP contribution < -0.4 is 10.6 Å². The highest BCUT2D eigenvalue weighted by molar-refractivity contribution is 5.93. The summed E-state index contributed by atoms with van der Waals surface area (Å²) in [5.41, 5.74) is 1.42. The van der Waals surface area contributed by atoms with E-state index in [9.17, 15) is 4.79 Å². The van der Waals surface area contributed by atoms with Crippen molar-refractivity contribution in [2.24, 2.45) is 5.92 Å². The van der Waals surface area contributed by atoms with E-state index in [0.29, 0.717) is 11.6 Å². The summed E-state index contributed by atoms with van der Waals surface area (Å²) in [6, 6.07) is 3.88. The predicted molar refractivity (Wildman–Crippen MR) is 79.4 cm³/mol. The number of carbonyl (C=O) groups is 1. The van der Waals surface area contributed by atoms with Crippen molar-refractivity contribution < 1.29 is 4.79 Å². The quantitative estimate of drug-likeness (QED) is 0.795. The molecule has 0 aliphatic carbocycles. The fourth-order valence-corrected chi connectivity index (χ4v) is 1.92. The molecule has 0 saturated carbocycles. The topological polar surface area (TPSA) is 54.0 Å². The molecule has 1 heterocycles. The van der Waals surface area contributed by atoms with Gasteiger partial charge in [-0.1, -0.05) is 27.7 Å². The van der Waals surface area contributed by atoms with E-state index >= 15 is 0 Å². The molecule has 4 nitrogen and oxygen atoms in total. The average molecular weight is 263 g/mol. The van der Waals surface area contributed by atoms with Crippen LogP contribution in [-0.4, -0.2) is 23.5 Å². The van der Waals surface area contributed by atoms with Gasteiger partial charge in [0.1, 0.15) is 5.69 Å². The Balaban J connectivity index is 2.70. The molecule has 0 aliphatic heterocycles. The van der Waals surface area contributed by atoms with Gasteiger partial charge in [0.15, 0.2) is 0 Å². The molecule has 2 N–H and O–H groups in total. The fourth-order valence-electron chi connectivity index (χ4n) is 1.92. The highest BCUT2D eigenvalue weighted by Gasteiger charge is 2.16. The number of anilines is 1. The van der Waals surface area contributed by atoms with Crippen molar-refractivity contribution in [3.05, 3.63) is 24.0 Å². The van der Waals surface area contributed by atoms with Crippen LogP contribution in [0.25, 0.3) is 0 Å². The molecular weight excluding hydrogens is 238 g/mol. The minimum atomic E-state index is -0.0966. The van der Waals surface area contributed by atoms with E-state index in [1.165, 1.54) is 0 Å². The van der Waals surface area contributed by atoms with Gasteiger partial charge in [0.2, 0.25) is 0 Å². The standard InChI is InChI=1S/C15H25N3O/c1-5-8-16-12-7-9-17-14(10-12)15(19)18-13(6-2)11(3)4/h7,9-11,13H,5-6,8H2,1-4H3,(H,16,17)(H,18,19). The van der Waals surface area contributed by atoms with Gasteiger partial charge in [0.25, 0.3) is 5.91 Å². The highest BCUT2D eigenvalue weighted by atomic mass is 16.1. The number of amides is 1. The Morgan fingerprint density at radius 2 is 2.11 bits per heavy atom. The SMILES string of the molecule is CCCNc1ccnc(C(=O)NC(CC)C(C)C)c1. The lowest BCUT2D eigenvalue weighted by molar-refractivity contribution is 0.0919. The molecule has 4 heteroatoms. The fraction of sp³-hybridized carbons (Fsp3) is 0.600. The molecule has 0 aliphatic rings. The molecule has 0 fully saturated rings. The number of pyridine rings is 1. The molecule has 106 valence electrons. The Bertz CT molecular complexity index is 404. The van der Waals surface area contributed by atoms with Crippen LogP contribution in [0.2, 0.25) is 0 Å². The average Bonchev–Trinajstić information content (AvgIpc) is 2.42. The second kappa shape index (κ2) is 7.77. The Morgan fingerprint density at radius 1 is 1.37 bits per heavy atom. The maximum absolute atomic E-state index is 12.1. The zero-order chi connectivity index (χ0) is 14.3. The van der Waals surface area contributed by atoms with Gasteiger partial charge in [-0.25, -0.2) is 0 Å². The van der Waals surface area contributed by atoms with E-state index < -0.39 is 0 Å². The third-order valence-corrected chi connectivity index (χ3v) is 3.13. The Kier molecular flexibility index (Phi) is 6.33. The van der Waals surface area contributed by atoms with Gasteiger partial charge in [0.05, 0.1) is 0 Å². The number of hydrogen-bond donors (Lipinski definition) is 2. The van der Waals surface area contributed by atoms with Crippen LogP contribution in [0.3, 0.4) is 0 Å². The monoisotopic (exact) mass is 263 g/mol. The molecule has 19 heavy (non-hydrogen) atoms. The Labute approximate surface area is 116 Å². The van der Waals surface area contributed by atoms with Gasteiger partial charge in [-0.05, 0) is 30.9 Å². The summed E-state index contributed by atoms with van der Waals surface area (Å²) in [7, 11) is 0. The maximum atomic E-state index is 12.1. The van der Waals surface area contributed by atoms with Gasteiger partial charge in [-0.2, -0.15) is 0 Å². The zero-order valence-corrected chi connectivity index (χ0v) is 12.4. The molecule has 1 rings (SSSR count). The summed E-state index contributed by atoms with van der Waals surface area (Å²) in [5.74, 6) is 0.330. The lowest BCUT2D eigenvalue weighted by Gasteiger charge is -2.20. The maximum Gasteiger partial charge on any atom is 0.270 e. The lowest BCUT2D eigenvalue weighted by atomic mass is 10.0. The van der Waals surface area contributed by atoms with Crippen LogP contribution in [0.4, 0.5) is 5.69 Å². The van der Waals surface area contributed by atoms with Gasteiger partial charge < -0.3 is 10.6 Å². The molecule has 1 amide bonds. The Morgan fingerprint density at radius 3 is 2.68 bits per heavy atom. The zero-order valence-electron chi connectivity index (χ0n) is 12.4. The summed E-state index contributed by atoms with van der Waals surface area (Å²) >= 11 is 0. The number of carbonyl (C=O) groups excluding carboxylic acids is 1. The first kappa shape index (κ1) is 15.5. The summed E-state index contributed by atoms with van der Waals surface area (Å²) < 4.78 is 0. The first-order chi connectivity index (χ1) is 9.08. The summed E-state index contributed by atoms with van der Waals surface area (Å²) in [4.78, 5) is 16.3. The molecule has 1 atom stereocenters. The van der Waals surface area contributed by atoms with Crippen molar-refractivity contribution in [3.8, 4) is 0 Å². The van der Waals surface area contributed by atoms with E-state index in [4.69, 9.17) is 0 Å². The van der Waals surface area contributed by atoms with Crippen LogP contribution in [0.1, 0.15) is 51.0 Å². The van der Waals surface area contributed by atoms with Gasteiger partial charge >= 0.3 is 0 Å². The molecule has 0 aromatic carbocycles. The molecular formula is C15H25N3O. The molecule has 0 radical (unpaired) electrons. The van der Waals surface area contributed by atoms with Crippen LogP contribution >= 0.6 is 0 Å².